The molecule has 0 radical (unpaired) electrons. The Bertz CT molecular complexity index is 732. The molecule has 136 valence electrons. The van der Waals surface area contributed by atoms with Gasteiger partial charge >= 0.3 is 0 Å². The average Bonchev–Trinajstić information content (AvgIpc) is 2.85. The largest absolute Gasteiger partial charge is 0.382 e. The van der Waals surface area contributed by atoms with Gasteiger partial charge in [-0.3, -0.25) is 4.79 Å². The Hall–Kier alpha value is -2.07. The molecular formula is C21H30N2O2. The second-order valence-electron chi connectivity index (χ2n) is 6.41. The van der Waals surface area contributed by atoms with Gasteiger partial charge in [0.1, 0.15) is 0 Å². The first-order valence-electron chi connectivity index (χ1n) is 9.18. The van der Waals surface area contributed by atoms with Crippen LogP contribution >= 0.6 is 0 Å². The van der Waals surface area contributed by atoms with Crippen LogP contribution in [0.2, 0.25) is 0 Å². The van der Waals surface area contributed by atoms with E-state index in [4.69, 9.17) is 10.5 Å². The van der Waals surface area contributed by atoms with E-state index in [-0.39, 0.29) is 5.91 Å². The molecule has 0 aliphatic rings. The van der Waals surface area contributed by atoms with E-state index in [9.17, 15) is 4.79 Å². The highest BCUT2D eigenvalue weighted by Gasteiger charge is 2.24. The summed E-state index contributed by atoms with van der Waals surface area (Å²) < 4.78 is 7.75. The summed E-state index contributed by atoms with van der Waals surface area (Å²) in [6.07, 6.45) is 2.86. The maximum atomic E-state index is 12.3. The Morgan fingerprint density at radius 2 is 1.92 bits per heavy atom. The molecule has 2 N–H and O–H groups in total. The molecule has 1 heterocycles. The van der Waals surface area contributed by atoms with Crippen molar-refractivity contribution in [3.05, 3.63) is 46.8 Å². The molecule has 0 atom stereocenters. The molecule has 1 aromatic carbocycles. The van der Waals surface area contributed by atoms with Gasteiger partial charge in [-0.25, -0.2) is 0 Å². The van der Waals surface area contributed by atoms with Crippen LogP contribution in [0.15, 0.2) is 24.3 Å². The molecule has 25 heavy (non-hydrogen) atoms. The number of primary amides is 1. The fraction of sp³-hybridized carbons (Fsp3) is 0.476. The van der Waals surface area contributed by atoms with Gasteiger partial charge in [-0.05, 0) is 44.7 Å². The number of aryl methyl sites for hydroxylation is 1. The first kappa shape index (κ1) is 19.3. The number of aromatic nitrogens is 1. The number of ether oxygens (including phenoxy) is 1. The van der Waals surface area contributed by atoms with Crippen molar-refractivity contribution in [1.82, 2.24) is 4.57 Å². The number of nitrogens with two attached hydrogens (primary N) is 1. The summed E-state index contributed by atoms with van der Waals surface area (Å²) in [7, 11) is 0. The van der Waals surface area contributed by atoms with Crippen molar-refractivity contribution < 1.29 is 9.53 Å². The minimum Gasteiger partial charge on any atom is -0.382 e. The molecule has 1 aromatic heterocycles. The Kier molecular flexibility index (Phi) is 6.82. The van der Waals surface area contributed by atoms with Crippen LogP contribution < -0.4 is 5.73 Å². The molecule has 0 saturated carbocycles. The number of nitrogens with zero attached hydrogens (tertiary/aromatic N) is 1. The average molecular weight is 342 g/mol. The zero-order valence-electron chi connectivity index (χ0n) is 15.9. The molecule has 2 aromatic rings. The van der Waals surface area contributed by atoms with E-state index in [2.05, 4.69) is 30.5 Å². The summed E-state index contributed by atoms with van der Waals surface area (Å²) in [5, 5.41) is 0. The van der Waals surface area contributed by atoms with Crippen molar-refractivity contribution in [2.24, 2.45) is 5.73 Å². The van der Waals surface area contributed by atoms with Crippen molar-refractivity contribution in [1.29, 1.82) is 0 Å². The summed E-state index contributed by atoms with van der Waals surface area (Å²) in [6.45, 7) is 10.6. The Balaban J connectivity index is 2.59. The Morgan fingerprint density at radius 1 is 1.20 bits per heavy atom. The number of carbonyl (C=O) groups is 1. The van der Waals surface area contributed by atoms with E-state index >= 15 is 0 Å². The first-order chi connectivity index (χ1) is 12.0. The first-order valence-corrected chi connectivity index (χ1v) is 9.18. The van der Waals surface area contributed by atoms with E-state index in [1.54, 1.807) is 0 Å². The zero-order valence-corrected chi connectivity index (χ0v) is 15.9. The predicted molar refractivity (Wildman–Crippen MR) is 103 cm³/mol. The number of hydrogen-bond donors (Lipinski definition) is 1. The van der Waals surface area contributed by atoms with Crippen molar-refractivity contribution in [3.63, 3.8) is 0 Å². The van der Waals surface area contributed by atoms with Gasteiger partial charge in [-0.1, -0.05) is 37.6 Å². The second-order valence-corrected chi connectivity index (χ2v) is 6.41. The fourth-order valence-electron chi connectivity index (χ4n) is 3.51. The molecule has 2 rings (SSSR count). The molecule has 0 spiro atoms. The minimum atomic E-state index is -0.350. The molecule has 0 saturated heterocycles. The summed E-state index contributed by atoms with van der Waals surface area (Å²) >= 11 is 0. The SMILES string of the molecule is CCCc1c(-c2ccccc2C)c(C(N)=O)c(C)n1CCCOCC. The molecule has 0 fully saturated rings. The molecule has 4 heteroatoms. The lowest BCUT2D eigenvalue weighted by Gasteiger charge is -2.13. The van der Waals surface area contributed by atoms with Gasteiger partial charge in [0.05, 0.1) is 5.56 Å². The minimum absolute atomic E-state index is 0.350. The highest BCUT2D eigenvalue weighted by molar-refractivity contribution is 6.02. The third-order valence-corrected chi connectivity index (χ3v) is 4.65. The molecule has 4 nitrogen and oxygen atoms in total. The van der Waals surface area contributed by atoms with Crippen LogP contribution in [-0.2, 0) is 17.7 Å². The van der Waals surface area contributed by atoms with Crippen LogP contribution in [-0.4, -0.2) is 23.7 Å². The standard InChI is InChI=1S/C21H30N2O2/c1-5-10-18-20(17-12-8-7-11-15(17)3)19(21(22)24)16(4)23(18)13-9-14-25-6-2/h7-8,11-12H,5-6,9-10,13-14H2,1-4H3,(H2,22,24). The Morgan fingerprint density at radius 3 is 2.52 bits per heavy atom. The predicted octanol–water partition coefficient (Wildman–Crippen LogP) is 4.25. The van der Waals surface area contributed by atoms with Crippen LogP contribution in [0.5, 0.6) is 0 Å². The normalized spacial score (nSPS) is 11.0. The summed E-state index contributed by atoms with van der Waals surface area (Å²) in [5.74, 6) is -0.350. The van der Waals surface area contributed by atoms with Crippen molar-refractivity contribution >= 4 is 5.91 Å². The lowest BCUT2D eigenvalue weighted by Crippen LogP contribution is -2.14. The highest BCUT2D eigenvalue weighted by atomic mass is 16.5. The van der Waals surface area contributed by atoms with Crippen molar-refractivity contribution in [2.45, 2.75) is 53.5 Å². The third kappa shape index (κ3) is 4.13. The fourth-order valence-corrected chi connectivity index (χ4v) is 3.51. The quantitative estimate of drug-likeness (QED) is 0.693. The molecule has 1 amide bonds. The molecule has 0 aliphatic heterocycles. The number of hydrogen-bond acceptors (Lipinski definition) is 2. The lowest BCUT2D eigenvalue weighted by atomic mass is 9.94. The van der Waals surface area contributed by atoms with Crippen LogP contribution in [0.4, 0.5) is 0 Å². The molecule has 0 bridgehead atoms. The van der Waals surface area contributed by atoms with E-state index in [1.165, 1.54) is 5.69 Å². The molecular weight excluding hydrogens is 312 g/mol. The summed E-state index contributed by atoms with van der Waals surface area (Å²) in [5.41, 5.74) is 11.9. The molecule has 0 unspecified atom stereocenters. The van der Waals surface area contributed by atoms with Gasteiger partial charge in [0.15, 0.2) is 0 Å². The number of rotatable bonds is 9. The van der Waals surface area contributed by atoms with E-state index < -0.39 is 0 Å². The Labute approximate surface area is 151 Å². The van der Waals surface area contributed by atoms with Gasteiger partial charge < -0.3 is 15.0 Å². The van der Waals surface area contributed by atoms with Crippen LogP contribution in [0.1, 0.15) is 54.0 Å². The third-order valence-electron chi connectivity index (χ3n) is 4.65. The summed E-state index contributed by atoms with van der Waals surface area (Å²) in [4.78, 5) is 12.3. The monoisotopic (exact) mass is 342 g/mol. The summed E-state index contributed by atoms with van der Waals surface area (Å²) in [6, 6.07) is 8.20. The van der Waals surface area contributed by atoms with E-state index in [1.807, 2.05) is 26.0 Å². The zero-order chi connectivity index (χ0) is 18.4. The topological polar surface area (TPSA) is 57.2 Å². The van der Waals surface area contributed by atoms with Crippen LogP contribution in [0.25, 0.3) is 11.1 Å². The van der Waals surface area contributed by atoms with Crippen molar-refractivity contribution in [3.8, 4) is 11.1 Å². The van der Waals surface area contributed by atoms with Crippen molar-refractivity contribution in [2.75, 3.05) is 13.2 Å². The number of carbonyl (C=O) groups excluding carboxylic acids is 1. The lowest BCUT2D eigenvalue weighted by molar-refractivity contribution is 0.1000. The van der Waals surface area contributed by atoms with E-state index in [0.29, 0.717) is 5.56 Å². The molecule has 0 aliphatic carbocycles. The van der Waals surface area contributed by atoms with Gasteiger partial charge in [0.2, 0.25) is 0 Å². The van der Waals surface area contributed by atoms with Gasteiger partial charge in [-0.2, -0.15) is 0 Å². The smallest absolute Gasteiger partial charge is 0.251 e. The maximum absolute atomic E-state index is 12.3. The number of amides is 1. The maximum Gasteiger partial charge on any atom is 0.251 e. The van der Waals surface area contributed by atoms with Crippen LogP contribution in [0, 0.1) is 13.8 Å². The number of benzene rings is 1. The van der Waals surface area contributed by atoms with Gasteiger partial charge in [0, 0.05) is 36.7 Å². The second kappa shape index (κ2) is 8.86. The highest BCUT2D eigenvalue weighted by Crippen LogP contribution is 2.35. The van der Waals surface area contributed by atoms with Gasteiger partial charge in [0.25, 0.3) is 5.91 Å². The van der Waals surface area contributed by atoms with Crippen LogP contribution in [0.3, 0.4) is 0 Å². The van der Waals surface area contributed by atoms with Gasteiger partial charge in [-0.15, -0.1) is 0 Å². The van der Waals surface area contributed by atoms with E-state index in [0.717, 1.165) is 61.4 Å².